The third kappa shape index (κ3) is 6.36. The van der Waals surface area contributed by atoms with E-state index in [0.29, 0.717) is 35.8 Å². The third-order valence-electron chi connectivity index (χ3n) is 5.70. The van der Waals surface area contributed by atoms with Gasteiger partial charge in [-0.2, -0.15) is 13.2 Å². The molecule has 0 aliphatic rings. The van der Waals surface area contributed by atoms with Crippen LogP contribution in [-0.2, 0) is 12.7 Å². The molecule has 0 unspecified atom stereocenters. The first-order chi connectivity index (χ1) is 18.2. The number of halogens is 3. The minimum absolute atomic E-state index is 0.0355. The van der Waals surface area contributed by atoms with E-state index in [2.05, 4.69) is 36.2 Å². The Hall–Kier alpha value is -4.23. The number of anilines is 3. The molecule has 38 heavy (non-hydrogen) atoms. The second kappa shape index (κ2) is 11.4. The van der Waals surface area contributed by atoms with E-state index in [1.54, 1.807) is 42.2 Å². The molecule has 200 valence electrons. The molecule has 0 atom stereocenters. The lowest BCUT2D eigenvalue weighted by Gasteiger charge is -2.16. The van der Waals surface area contributed by atoms with Gasteiger partial charge in [0.2, 0.25) is 0 Å². The van der Waals surface area contributed by atoms with E-state index in [-0.39, 0.29) is 17.8 Å². The summed E-state index contributed by atoms with van der Waals surface area (Å²) in [6.07, 6.45) is -1.50. The molecule has 4 rings (SSSR count). The van der Waals surface area contributed by atoms with Crippen LogP contribution in [0.25, 0.3) is 16.9 Å². The van der Waals surface area contributed by atoms with Crippen LogP contribution in [0.4, 0.5) is 35.2 Å². The summed E-state index contributed by atoms with van der Waals surface area (Å²) in [5.41, 5.74) is 1.78. The molecule has 4 N–H and O–H groups in total. The van der Waals surface area contributed by atoms with Gasteiger partial charge in [0, 0.05) is 43.7 Å². The summed E-state index contributed by atoms with van der Waals surface area (Å²) in [6, 6.07) is 9.96. The highest BCUT2D eigenvalue weighted by Gasteiger charge is 2.33. The van der Waals surface area contributed by atoms with Crippen molar-refractivity contribution in [2.75, 3.05) is 50.2 Å². The number of carbonyl (C=O) groups is 1. The van der Waals surface area contributed by atoms with Gasteiger partial charge in [0.1, 0.15) is 12.7 Å². The lowest BCUT2D eigenvalue weighted by atomic mass is 10.1. The zero-order chi connectivity index (χ0) is 27.3. The lowest BCUT2D eigenvalue weighted by molar-refractivity contribution is -0.138. The van der Waals surface area contributed by atoms with E-state index in [4.69, 9.17) is 0 Å². The zero-order valence-corrected chi connectivity index (χ0v) is 21.1. The fourth-order valence-electron chi connectivity index (χ4n) is 3.80. The van der Waals surface area contributed by atoms with Gasteiger partial charge in [-0.25, -0.2) is 19.7 Å². The number of nitrogens with one attached hydrogen (secondary N) is 4. The van der Waals surface area contributed by atoms with E-state index in [1.807, 2.05) is 19.0 Å². The smallest absolute Gasteiger partial charge is 0.371 e. The predicted octanol–water partition coefficient (Wildman–Crippen LogP) is 4.17. The first kappa shape index (κ1) is 26.8. The molecule has 0 aliphatic carbocycles. The number of urea groups is 1. The van der Waals surface area contributed by atoms with Gasteiger partial charge in [0.15, 0.2) is 17.0 Å². The Labute approximate surface area is 217 Å². The molecule has 2 aromatic heterocycles. The number of hydrogen-bond acceptors (Lipinski definition) is 7. The quantitative estimate of drug-likeness (QED) is 0.242. The van der Waals surface area contributed by atoms with Crippen LogP contribution < -0.4 is 21.3 Å². The topological polar surface area (TPSA) is 112 Å². The molecule has 13 heteroatoms. The van der Waals surface area contributed by atoms with Gasteiger partial charge in [0.05, 0.1) is 5.56 Å². The maximum atomic E-state index is 13.7. The SMILES string of the molecule is CNc1ncnc2c1ncn2-c1ccc(NC(=O)Nc2ccc(CNCCN(C)C)c(C(F)(F)F)c2)cc1. The number of rotatable bonds is 9. The Morgan fingerprint density at radius 1 is 1.00 bits per heavy atom. The van der Waals surface area contributed by atoms with E-state index < -0.39 is 17.8 Å². The third-order valence-corrected chi connectivity index (χ3v) is 5.70. The van der Waals surface area contributed by atoms with Crippen molar-refractivity contribution in [2.24, 2.45) is 0 Å². The Morgan fingerprint density at radius 2 is 1.71 bits per heavy atom. The molecule has 0 bridgehead atoms. The number of fused-ring (bicyclic) bond motifs is 1. The predicted molar refractivity (Wildman–Crippen MR) is 141 cm³/mol. The molecular weight excluding hydrogens is 499 g/mol. The first-order valence-corrected chi connectivity index (χ1v) is 11.8. The van der Waals surface area contributed by atoms with Gasteiger partial charge < -0.3 is 26.2 Å². The largest absolute Gasteiger partial charge is 0.416 e. The fourth-order valence-corrected chi connectivity index (χ4v) is 3.80. The van der Waals surface area contributed by atoms with Crippen LogP contribution >= 0.6 is 0 Å². The molecule has 0 saturated carbocycles. The van der Waals surface area contributed by atoms with Crippen molar-refractivity contribution in [3.8, 4) is 5.69 Å². The van der Waals surface area contributed by atoms with Crippen molar-refractivity contribution in [1.29, 1.82) is 0 Å². The van der Waals surface area contributed by atoms with Gasteiger partial charge in [-0.15, -0.1) is 0 Å². The van der Waals surface area contributed by atoms with E-state index in [1.165, 1.54) is 18.5 Å². The van der Waals surface area contributed by atoms with E-state index in [0.717, 1.165) is 11.8 Å². The highest BCUT2D eigenvalue weighted by atomic mass is 19.4. The fraction of sp³-hybridized carbons (Fsp3) is 0.280. The molecule has 2 amide bonds. The van der Waals surface area contributed by atoms with E-state index >= 15 is 0 Å². The maximum Gasteiger partial charge on any atom is 0.416 e. The standard InChI is InChI=1S/C25H28F3N9O/c1-29-22-21-23(32-14-31-22)37(15-33-21)19-8-6-17(7-9-19)34-24(38)35-18-5-4-16(13-30-10-11-36(2)3)20(12-18)25(26,27)28/h4-9,12,14-15,30H,10-11,13H2,1-3H3,(H,29,31,32)(H2,34,35,38). The second-order valence-corrected chi connectivity index (χ2v) is 8.73. The molecule has 0 fully saturated rings. The number of hydrogen-bond donors (Lipinski definition) is 4. The molecule has 4 aromatic rings. The molecule has 0 saturated heterocycles. The molecule has 0 radical (unpaired) electrons. The first-order valence-electron chi connectivity index (χ1n) is 11.8. The Morgan fingerprint density at radius 3 is 2.39 bits per heavy atom. The summed E-state index contributed by atoms with van der Waals surface area (Å²) < 4.78 is 42.8. The van der Waals surface area contributed by atoms with Crippen LogP contribution in [0.3, 0.4) is 0 Å². The van der Waals surface area contributed by atoms with Crippen LogP contribution in [0, 0.1) is 0 Å². The van der Waals surface area contributed by atoms with Crippen LogP contribution in [-0.4, -0.2) is 64.7 Å². The van der Waals surface area contributed by atoms with Crippen molar-refractivity contribution in [1.82, 2.24) is 29.7 Å². The summed E-state index contributed by atoms with van der Waals surface area (Å²) in [7, 11) is 5.52. The Kier molecular flexibility index (Phi) is 8.08. The molecule has 0 aliphatic heterocycles. The molecule has 0 spiro atoms. The lowest BCUT2D eigenvalue weighted by Crippen LogP contribution is -2.27. The van der Waals surface area contributed by atoms with Gasteiger partial charge in [-0.05, 0) is 56.1 Å². The second-order valence-electron chi connectivity index (χ2n) is 8.73. The van der Waals surface area contributed by atoms with Gasteiger partial charge in [0.25, 0.3) is 0 Å². The van der Waals surface area contributed by atoms with E-state index in [9.17, 15) is 18.0 Å². The van der Waals surface area contributed by atoms with Crippen LogP contribution in [0.15, 0.2) is 55.1 Å². The van der Waals surface area contributed by atoms with Crippen molar-refractivity contribution in [3.63, 3.8) is 0 Å². The van der Waals surface area contributed by atoms with Crippen LogP contribution in [0.5, 0.6) is 0 Å². The highest BCUT2D eigenvalue weighted by molar-refractivity contribution is 5.99. The molecule has 10 nitrogen and oxygen atoms in total. The summed E-state index contributed by atoms with van der Waals surface area (Å²) in [4.78, 5) is 27.2. The van der Waals surface area contributed by atoms with Gasteiger partial charge in [-0.3, -0.25) is 4.57 Å². The number of alkyl halides is 3. The minimum atomic E-state index is -4.56. The number of imidazole rings is 1. The van der Waals surface area contributed by atoms with Crippen molar-refractivity contribution in [2.45, 2.75) is 12.7 Å². The van der Waals surface area contributed by atoms with Gasteiger partial charge in [-0.1, -0.05) is 6.07 Å². The molecule has 2 aromatic carbocycles. The highest BCUT2D eigenvalue weighted by Crippen LogP contribution is 2.34. The van der Waals surface area contributed by atoms with Crippen molar-refractivity contribution in [3.05, 3.63) is 66.2 Å². The summed E-state index contributed by atoms with van der Waals surface area (Å²) in [5, 5.41) is 11.1. The van der Waals surface area contributed by atoms with Crippen molar-refractivity contribution < 1.29 is 18.0 Å². The average Bonchev–Trinajstić information content (AvgIpc) is 3.31. The minimum Gasteiger partial charge on any atom is -0.371 e. The number of benzene rings is 2. The maximum absolute atomic E-state index is 13.7. The average molecular weight is 528 g/mol. The molecule has 2 heterocycles. The van der Waals surface area contributed by atoms with Crippen molar-refractivity contribution >= 4 is 34.4 Å². The summed E-state index contributed by atoms with van der Waals surface area (Å²) >= 11 is 0. The normalized spacial score (nSPS) is 11.7. The molecular formula is C25H28F3N9O. The number of carbonyl (C=O) groups excluding carboxylic acids is 1. The Bertz CT molecular complexity index is 1400. The van der Waals surface area contributed by atoms with Gasteiger partial charge >= 0.3 is 12.2 Å². The number of nitrogens with zero attached hydrogens (tertiary/aromatic N) is 5. The number of likely N-dealkylation sites (N-methyl/N-ethyl adjacent to an activating group) is 1. The Balaban J connectivity index is 1.42. The summed E-state index contributed by atoms with van der Waals surface area (Å²) in [5.74, 6) is 0.603. The van der Waals surface area contributed by atoms with Crippen LogP contribution in [0.2, 0.25) is 0 Å². The monoisotopic (exact) mass is 527 g/mol. The number of aromatic nitrogens is 4. The zero-order valence-electron chi connectivity index (χ0n) is 21.1. The van der Waals surface area contributed by atoms with Crippen LogP contribution in [0.1, 0.15) is 11.1 Å². The summed E-state index contributed by atoms with van der Waals surface area (Å²) in [6.45, 7) is 1.32. The number of amides is 2.